The van der Waals surface area contributed by atoms with Crippen molar-refractivity contribution in [3.05, 3.63) is 27.0 Å². The molecule has 1 amide bonds. The Morgan fingerprint density at radius 2 is 2.20 bits per heavy atom. The predicted molar refractivity (Wildman–Crippen MR) is 88.1 cm³/mol. The van der Waals surface area contributed by atoms with Crippen molar-refractivity contribution in [2.45, 2.75) is 25.8 Å². The van der Waals surface area contributed by atoms with E-state index < -0.39 is 5.54 Å². The molecule has 2 rings (SSSR count). The molecule has 0 aliphatic heterocycles. The summed E-state index contributed by atoms with van der Waals surface area (Å²) in [7, 11) is 0. The van der Waals surface area contributed by atoms with Crippen LogP contribution in [0.15, 0.2) is 21.3 Å². The molecule has 0 aromatic carbocycles. The van der Waals surface area contributed by atoms with Crippen LogP contribution in [0.5, 0.6) is 0 Å². The van der Waals surface area contributed by atoms with Crippen molar-refractivity contribution in [2.75, 3.05) is 6.54 Å². The van der Waals surface area contributed by atoms with Gasteiger partial charge in [-0.15, -0.1) is 22.7 Å². The molecule has 0 aliphatic rings. The second-order valence-electron chi connectivity index (χ2n) is 5.22. The van der Waals surface area contributed by atoms with Crippen molar-refractivity contribution in [3.8, 4) is 9.88 Å². The number of hydrogen-bond acceptors (Lipinski definition) is 5. The van der Waals surface area contributed by atoms with Gasteiger partial charge in [0, 0.05) is 27.3 Å². The zero-order valence-corrected chi connectivity index (χ0v) is 14.5. The molecule has 0 bridgehead atoms. The Labute approximate surface area is 134 Å². The van der Waals surface area contributed by atoms with Crippen LogP contribution < -0.4 is 11.1 Å². The predicted octanol–water partition coefficient (Wildman–Crippen LogP) is 3.03. The highest BCUT2D eigenvalue weighted by atomic mass is 79.9. The molecule has 0 atom stereocenters. The van der Waals surface area contributed by atoms with Gasteiger partial charge in [-0.3, -0.25) is 4.79 Å². The average molecular weight is 374 g/mol. The van der Waals surface area contributed by atoms with Gasteiger partial charge in [0.05, 0.1) is 17.0 Å². The standard InChI is InChI=1S/C13H16BrN3OS2/c1-13(2,15)7-16-11(18)4-9-6-20-12(17-9)10-3-8(14)5-19-10/h3,5-6H,4,7,15H2,1-2H3,(H,16,18). The molecule has 0 spiro atoms. The van der Waals surface area contributed by atoms with Gasteiger partial charge in [0.1, 0.15) is 5.01 Å². The summed E-state index contributed by atoms with van der Waals surface area (Å²) in [5.41, 5.74) is 6.22. The number of rotatable bonds is 5. The van der Waals surface area contributed by atoms with E-state index in [-0.39, 0.29) is 5.91 Å². The zero-order chi connectivity index (χ0) is 14.8. The van der Waals surface area contributed by atoms with E-state index in [4.69, 9.17) is 5.73 Å². The number of carbonyl (C=O) groups excluding carboxylic acids is 1. The number of carbonyl (C=O) groups is 1. The minimum atomic E-state index is -0.397. The third-order valence-electron chi connectivity index (χ3n) is 2.41. The molecule has 2 heterocycles. The molecule has 2 aromatic heterocycles. The number of nitrogens with one attached hydrogen (secondary N) is 1. The maximum atomic E-state index is 11.8. The summed E-state index contributed by atoms with van der Waals surface area (Å²) in [4.78, 5) is 17.4. The molecule has 0 saturated heterocycles. The van der Waals surface area contributed by atoms with Crippen LogP contribution >= 0.6 is 38.6 Å². The summed E-state index contributed by atoms with van der Waals surface area (Å²) >= 11 is 6.61. The fraction of sp³-hybridized carbons (Fsp3) is 0.385. The van der Waals surface area contributed by atoms with Crippen molar-refractivity contribution < 1.29 is 4.79 Å². The van der Waals surface area contributed by atoms with Crippen LogP contribution in [0.2, 0.25) is 0 Å². The third-order valence-corrected chi connectivity index (χ3v) is 5.16. The second-order valence-corrected chi connectivity index (χ2v) is 7.90. The van der Waals surface area contributed by atoms with E-state index in [9.17, 15) is 4.79 Å². The van der Waals surface area contributed by atoms with Crippen molar-refractivity contribution in [1.29, 1.82) is 0 Å². The van der Waals surface area contributed by atoms with Crippen molar-refractivity contribution >= 4 is 44.5 Å². The van der Waals surface area contributed by atoms with Gasteiger partial charge < -0.3 is 11.1 Å². The fourth-order valence-corrected chi connectivity index (χ4v) is 3.81. The van der Waals surface area contributed by atoms with E-state index in [0.29, 0.717) is 13.0 Å². The highest BCUT2D eigenvalue weighted by molar-refractivity contribution is 9.10. The highest BCUT2D eigenvalue weighted by Crippen LogP contribution is 2.31. The van der Waals surface area contributed by atoms with Crippen LogP contribution in [0.4, 0.5) is 0 Å². The van der Waals surface area contributed by atoms with Gasteiger partial charge in [-0.05, 0) is 35.8 Å². The Kier molecular flexibility index (Phi) is 4.95. The molecule has 7 heteroatoms. The molecule has 3 N–H and O–H groups in total. The topological polar surface area (TPSA) is 68.0 Å². The number of amides is 1. The molecule has 0 radical (unpaired) electrons. The molecule has 0 unspecified atom stereocenters. The summed E-state index contributed by atoms with van der Waals surface area (Å²) in [5.74, 6) is -0.0484. The van der Waals surface area contributed by atoms with Crippen LogP contribution in [0.25, 0.3) is 9.88 Å². The van der Waals surface area contributed by atoms with Crippen LogP contribution in [0, 0.1) is 0 Å². The van der Waals surface area contributed by atoms with Gasteiger partial charge in [-0.1, -0.05) is 0 Å². The third kappa shape index (κ3) is 4.66. The van der Waals surface area contributed by atoms with Gasteiger partial charge in [0.25, 0.3) is 0 Å². The second kappa shape index (κ2) is 6.34. The van der Waals surface area contributed by atoms with E-state index >= 15 is 0 Å². The van der Waals surface area contributed by atoms with Gasteiger partial charge in [0.15, 0.2) is 0 Å². The molecule has 2 aromatic rings. The van der Waals surface area contributed by atoms with Crippen molar-refractivity contribution in [1.82, 2.24) is 10.3 Å². The van der Waals surface area contributed by atoms with E-state index in [0.717, 1.165) is 20.1 Å². The lowest BCUT2D eigenvalue weighted by Crippen LogP contribution is -2.45. The molecular weight excluding hydrogens is 358 g/mol. The lowest BCUT2D eigenvalue weighted by atomic mass is 10.1. The summed E-state index contributed by atoms with van der Waals surface area (Å²) < 4.78 is 1.05. The molecule has 20 heavy (non-hydrogen) atoms. The number of hydrogen-bond donors (Lipinski definition) is 2. The Bertz CT molecular complexity index is 601. The van der Waals surface area contributed by atoms with Gasteiger partial charge in [-0.2, -0.15) is 0 Å². The lowest BCUT2D eigenvalue weighted by molar-refractivity contribution is -0.120. The minimum absolute atomic E-state index is 0.0484. The first kappa shape index (κ1) is 15.6. The largest absolute Gasteiger partial charge is 0.354 e. The van der Waals surface area contributed by atoms with Crippen LogP contribution in [0.3, 0.4) is 0 Å². The number of thiazole rings is 1. The van der Waals surface area contributed by atoms with Crippen molar-refractivity contribution in [3.63, 3.8) is 0 Å². The van der Waals surface area contributed by atoms with E-state index in [1.807, 2.05) is 30.7 Å². The lowest BCUT2D eigenvalue weighted by Gasteiger charge is -2.18. The number of thiophene rings is 1. The van der Waals surface area contributed by atoms with Crippen LogP contribution in [0.1, 0.15) is 19.5 Å². The molecule has 0 fully saturated rings. The molecule has 108 valence electrons. The van der Waals surface area contributed by atoms with E-state index in [1.54, 1.807) is 22.7 Å². The average Bonchev–Trinajstić information content (AvgIpc) is 2.94. The molecule has 0 saturated carbocycles. The Morgan fingerprint density at radius 1 is 1.45 bits per heavy atom. The van der Waals surface area contributed by atoms with E-state index in [2.05, 4.69) is 26.2 Å². The zero-order valence-electron chi connectivity index (χ0n) is 11.3. The first-order valence-electron chi connectivity index (χ1n) is 6.08. The maximum absolute atomic E-state index is 11.8. The first-order chi connectivity index (χ1) is 9.33. The van der Waals surface area contributed by atoms with Crippen molar-refractivity contribution in [2.24, 2.45) is 5.73 Å². The van der Waals surface area contributed by atoms with Crippen LogP contribution in [-0.4, -0.2) is 23.0 Å². The number of halogens is 1. The summed E-state index contributed by atoms with van der Waals surface area (Å²) in [6.07, 6.45) is 0.291. The fourth-order valence-electron chi connectivity index (χ4n) is 1.48. The number of aromatic nitrogens is 1. The Hall–Kier alpha value is -0.760. The van der Waals surface area contributed by atoms with E-state index in [1.165, 1.54) is 0 Å². The number of nitrogens with two attached hydrogens (primary N) is 1. The Balaban J connectivity index is 1.94. The van der Waals surface area contributed by atoms with Crippen LogP contribution in [-0.2, 0) is 11.2 Å². The molecule has 4 nitrogen and oxygen atoms in total. The molecule has 0 aliphatic carbocycles. The van der Waals surface area contributed by atoms with Gasteiger partial charge in [-0.25, -0.2) is 4.98 Å². The first-order valence-corrected chi connectivity index (χ1v) is 8.63. The van der Waals surface area contributed by atoms with Gasteiger partial charge >= 0.3 is 0 Å². The monoisotopic (exact) mass is 373 g/mol. The number of nitrogens with zero attached hydrogens (tertiary/aromatic N) is 1. The quantitative estimate of drug-likeness (QED) is 0.845. The molecular formula is C13H16BrN3OS2. The summed E-state index contributed by atoms with van der Waals surface area (Å²) in [6.45, 7) is 4.21. The van der Waals surface area contributed by atoms with Gasteiger partial charge in [0.2, 0.25) is 5.91 Å². The smallest absolute Gasteiger partial charge is 0.226 e. The Morgan fingerprint density at radius 3 is 2.80 bits per heavy atom. The minimum Gasteiger partial charge on any atom is -0.354 e. The summed E-state index contributed by atoms with van der Waals surface area (Å²) in [5, 5.41) is 7.71. The maximum Gasteiger partial charge on any atom is 0.226 e. The normalized spacial score (nSPS) is 11.6. The SMILES string of the molecule is CC(C)(N)CNC(=O)Cc1csc(-c2cc(Br)cs2)n1. The summed E-state index contributed by atoms with van der Waals surface area (Å²) in [6, 6.07) is 2.03. The highest BCUT2D eigenvalue weighted by Gasteiger charge is 2.14.